The Balaban J connectivity index is 2.77. The van der Waals surface area contributed by atoms with E-state index in [1.807, 2.05) is 0 Å². The molecular formula is C9H18N2O5. The van der Waals surface area contributed by atoms with Gasteiger partial charge in [-0.2, -0.15) is 0 Å². The van der Waals surface area contributed by atoms with Crippen molar-refractivity contribution < 1.29 is 24.9 Å². The van der Waals surface area contributed by atoms with Gasteiger partial charge in [-0.05, 0) is 6.92 Å². The van der Waals surface area contributed by atoms with Gasteiger partial charge in [0.25, 0.3) is 0 Å². The minimum absolute atomic E-state index is 0.0699. The molecule has 0 saturated carbocycles. The number of carboxylic acid groups (broad SMARTS) is 1. The van der Waals surface area contributed by atoms with Crippen LogP contribution < -0.4 is 11.5 Å². The smallest absolute Gasteiger partial charge is 0.332 e. The second-order valence-corrected chi connectivity index (χ2v) is 4.13. The van der Waals surface area contributed by atoms with Crippen molar-refractivity contribution in [2.45, 2.75) is 49.8 Å². The average molecular weight is 234 g/mol. The summed E-state index contributed by atoms with van der Waals surface area (Å²) >= 11 is 0. The van der Waals surface area contributed by atoms with Crippen LogP contribution in [0.5, 0.6) is 0 Å². The van der Waals surface area contributed by atoms with Crippen molar-refractivity contribution in [3.63, 3.8) is 0 Å². The normalized spacial score (nSPS) is 39.1. The Morgan fingerprint density at radius 1 is 1.56 bits per heavy atom. The van der Waals surface area contributed by atoms with Gasteiger partial charge in [-0.1, -0.05) is 0 Å². The maximum Gasteiger partial charge on any atom is 0.332 e. The number of aliphatic carboxylic acids is 1. The molecule has 1 fully saturated rings. The number of nitrogens with two attached hydrogens (primary N) is 2. The molecule has 1 unspecified atom stereocenters. The molecule has 0 radical (unpaired) electrons. The van der Waals surface area contributed by atoms with Crippen LogP contribution in [-0.2, 0) is 9.53 Å². The van der Waals surface area contributed by atoms with Gasteiger partial charge in [-0.3, -0.25) is 0 Å². The van der Waals surface area contributed by atoms with Gasteiger partial charge in [-0.25, -0.2) is 4.79 Å². The first-order valence-corrected chi connectivity index (χ1v) is 5.10. The minimum Gasteiger partial charge on any atom is -0.479 e. The fourth-order valence-electron chi connectivity index (χ4n) is 1.71. The SMILES string of the molecule is C[C@H](O)[C@H](N)[C@@H]1OC(C(=O)O)C[C@H](O)[C@@H]1N. The van der Waals surface area contributed by atoms with Gasteiger partial charge in [0, 0.05) is 6.42 Å². The van der Waals surface area contributed by atoms with Crippen LogP contribution in [0.15, 0.2) is 0 Å². The van der Waals surface area contributed by atoms with Gasteiger partial charge in [0.15, 0.2) is 6.10 Å². The van der Waals surface area contributed by atoms with Gasteiger partial charge in [-0.15, -0.1) is 0 Å². The highest BCUT2D eigenvalue weighted by molar-refractivity contribution is 5.72. The highest BCUT2D eigenvalue weighted by atomic mass is 16.5. The van der Waals surface area contributed by atoms with Crippen molar-refractivity contribution in [1.82, 2.24) is 0 Å². The first-order chi connectivity index (χ1) is 7.34. The lowest BCUT2D eigenvalue weighted by molar-refractivity contribution is -0.173. The lowest BCUT2D eigenvalue weighted by Gasteiger charge is -2.39. The molecule has 7 heteroatoms. The Morgan fingerprint density at radius 3 is 2.56 bits per heavy atom. The third-order valence-corrected chi connectivity index (χ3v) is 2.81. The Labute approximate surface area is 93.0 Å². The Morgan fingerprint density at radius 2 is 2.12 bits per heavy atom. The molecule has 0 bridgehead atoms. The van der Waals surface area contributed by atoms with E-state index in [4.69, 9.17) is 21.3 Å². The summed E-state index contributed by atoms with van der Waals surface area (Å²) in [6.07, 6.45) is -3.96. The van der Waals surface area contributed by atoms with Crippen LogP contribution in [0.1, 0.15) is 13.3 Å². The van der Waals surface area contributed by atoms with Crippen molar-refractivity contribution in [1.29, 1.82) is 0 Å². The number of aliphatic hydroxyl groups is 2. The molecule has 0 aromatic rings. The van der Waals surface area contributed by atoms with E-state index in [0.717, 1.165) is 0 Å². The van der Waals surface area contributed by atoms with Crippen molar-refractivity contribution in [2.24, 2.45) is 11.5 Å². The second kappa shape index (κ2) is 5.07. The Hall–Kier alpha value is -0.730. The standard InChI is InChI=1S/C9H18N2O5/c1-3(12)6(10)8-7(11)4(13)2-5(16-8)9(14)15/h3-8,12-13H,2,10-11H2,1H3,(H,14,15)/t3-,4-,5?,6-,7-,8-/m0/s1. The summed E-state index contributed by atoms with van der Waals surface area (Å²) in [4.78, 5) is 10.8. The summed E-state index contributed by atoms with van der Waals surface area (Å²) in [5.74, 6) is -1.17. The van der Waals surface area contributed by atoms with Crippen LogP contribution in [0, 0.1) is 0 Å². The number of hydrogen-bond donors (Lipinski definition) is 5. The molecule has 1 rings (SSSR count). The quantitative estimate of drug-likeness (QED) is 0.367. The molecule has 1 aliphatic rings. The largest absolute Gasteiger partial charge is 0.479 e. The van der Waals surface area contributed by atoms with Gasteiger partial charge in [0.2, 0.25) is 0 Å². The van der Waals surface area contributed by atoms with Gasteiger partial charge < -0.3 is 31.5 Å². The first kappa shape index (κ1) is 13.3. The minimum atomic E-state index is -1.17. The topological polar surface area (TPSA) is 139 Å². The first-order valence-electron chi connectivity index (χ1n) is 5.10. The Kier molecular flexibility index (Phi) is 4.22. The molecule has 1 heterocycles. The molecule has 0 spiro atoms. The number of rotatable bonds is 3. The summed E-state index contributed by atoms with van der Waals surface area (Å²) in [7, 11) is 0. The monoisotopic (exact) mass is 234 g/mol. The van der Waals surface area contributed by atoms with E-state index in [-0.39, 0.29) is 6.42 Å². The number of hydrogen-bond acceptors (Lipinski definition) is 6. The predicted octanol–water partition coefficient (Wildman–Crippen LogP) is -2.38. The van der Waals surface area contributed by atoms with E-state index in [1.54, 1.807) is 0 Å². The lowest BCUT2D eigenvalue weighted by Crippen LogP contribution is -2.63. The average Bonchev–Trinajstić information content (AvgIpc) is 2.20. The number of ether oxygens (including phenoxy) is 1. The van der Waals surface area contributed by atoms with Crippen molar-refractivity contribution >= 4 is 5.97 Å². The number of carbonyl (C=O) groups is 1. The van der Waals surface area contributed by atoms with Crippen molar-refractivity contribution in [2.75, 3.05) is 0 Å². The van der Waals surface area contributed by atoms with Crippen LogP contribution in [0.25, 0.3) is 0 Å². The zero-order chi connectivity index (χ0) is 12.5. The van der Waals surface area contributed by atoms with Crippen LogP contribution >= 0.6 is 0 Å². The van der Waals surface area contributed by atoms with Crippen LogP contribution in [0.4, 0.5) is 0 Å². The van der Waals surface area contributed by atoms with E-state index >= 15 is 0 Å². The molecule has 0 aromatic heterocycles. The maximum absolute atomic E-state index is 10.8. The fraction of sp³-hybridized carbons (Fsp3) is 0.889. The molecule has 16 heavy (non-hydrogen) atoms. The lowest BCUT2D eigenvalue weighted by atomic mass is 9.90. The van der Waals surface area contributed by atoms with E-state index in [1.165, 1.54) is 6.92 Å². The van der Waals surface area contributed by atoms with Gasteiger partial charge in [0.05, 0.1) is 30.4 Å². The zero-order valence-electron chi connectivity index (χ0n) is 8.98. The third kappa shape index (κ3) is 2.69. The number of aliphatic hydroxyl groups excluding tert-OH is 2. The van der Waals surface area contributed by atoms with Crippen LogP contribution in [0.2, 0.25) is 0 Å². The maximum atomic E-state index is 10.8. The summed E-state index contributed by atoms with van der Waals surface area (Å²) < 4.78 is 5.18. The summed E-state index contributed by atoms with van der Waals surface area (Å²) in [5.41, 5.74) is 11.3. The Bertz CT molecular complexity index is 256. The zero-order valence-corrected chi connectivity index (χ0v) is 8.98. The van der Waals surface area contributed by atoms with E-state index in [9.17, 15) is 15.0 Å². The predicted molar refractivity (Wildman–Crippen MR) is 54.6 cm³/mol. The molecule has 1 saturated heterocycles. The van der Waals surface area contributed by atoms with Gasteiger partial charge >= 0.3 is 5.97 Å². The molecule has 7 nitrogen and oxygen atoms in total. The summed E-state index contributed by atoms with van der Waals surface area (Å²) in [5, 5.41) is 27.7. The molecule has 0 aromatic carbocycles. The van der Waals surface area contributed by atoms with E-state index < -0.39 is 42.5 Å². The third-order valence-electron chi connectivity index (χ3n) is 2.81. The van der Waals surface area contributed by atoms with E-state index in [2.05, 4.69) is 0 Å². The molecule has 6 atom stereocenters. The molecule has 1 aliphatic heterocycles. The van der Waals surface area contributed by atoms with Crippen LogP contribution in [0.3, 0.4) is 0 Å². The molecule has 7 N–H and O–H groups in total. The highest BCUT2D eigenvalue weighted by Gasteiger charge is 2.42. The molecule has 0 aliphatic carbocycles. The van der Waals surface area contributed by atoms with E-state index in [0.29, 0.717) is 0 Å². The van der Waals surface area contributed by atoms with Crippen LogP contribution in [-0.4, -0.2) is 57.8 Å². The van der Waals surface area contributed by atoms with Gasteiger partial charge in [0.1, 0.15) is 0 Å². The fourth-order valence-corrected chi connectivity index (χ4v) is 1.71. The molecule has 94 valence electrons. The van der Waals surface area contributed by atoms with Crippen molar-refractivity contribution in [3.05, 3.63) is 0 Å². The van der Waals surface area contributed by atoms with Crippen molar-refractivity contribution in [3.8, 4) is 0 Å². The highest BCUT2D eigenvalue weighted by Crippen LogP contribution is 2.22. The molecule has 0 amide bonds. The second-order valence-electron chi connectivity index (χ2n) is 4.13. The summed E-state index contributed by atoms with van der Waals surface area (Å²) in [6, 6.07) is -1.62. The summed E-state index contributed by atoms with van der Waals surface area (Å²) in [6.45, 7) is 1.46. The molecular weight excluding hydrogens is 216 g/mol. The number of carboxylic acids is 1.